The Labute approximate surface area is 213 Å². The zero-order valence-electron chi connectivity index (χ0n) is 17.4. The van der Waals surface area contributed by atoms with Gasteiger partial charge in [-0.1, -0.05) is 145 Å². The second-order valence-corrected chi connectivity index (χ2v) is 14.1. The zero-order chi connectivity index (χ0) is 21.5. The first kappa shape index (κ1) is 25.4. The number of rotatable bonds is 8. The average Bonchev–Trinajstić information content (AvgIpc) is 2.82. The molecule has 0 saturated carbocycles. The van der Waals surface area contributed by atoms with E-state index in [0.29, 0.717) is 0 Å². The Bertz CT molecular complexity index is 983. The quantitative estimate of drug-likeness (QED) is 0.132. The summed E-state index contributed by atoms with van der Waals surface area (Å²) in [6.07, 6.45) is 1.66. The Kier molecular flexibility index (Phi) is 9.80. The number of alkyl halides is 2. The third-order valence-electron chi connectivity index (χ3n) is 5.13. The smallest absolute Gasteiger partial charge is 0.0958 e. The van der Waals surface area contributed by atoms with Crippen molar-refractivity contribution >= 4 is 60.3 Å². The third kappa shape index (κ3) is 6.44. The summed E-state index contributed by atoms with van der Waals surface area (Å²) in [6, 6.07) is 42.4. The molecule has 0 N–H and O–H groups in total. The van der Waals surface area contributed by atoms with Gasteiger partial charge in [-0.15, -0.1) is 0 Å². The molecule has 4 aromatic carbocycles. The Morgan fingerprint density at radius 3 is 1.16 bits per heavy atom. The topological polar surface area (TPSA) is 0 Å². The molecule has 0 atom stereocenters. The fraction of sp³-hybridized carbons (Fsp3) is 0.111. The molecule has 0 fully saturated rings. The van der Waals surface area contributed by atoms with Crippen LogP contribution in [0.5, 0.6) is 0 Å². The fourth-order valence-corrected chi connectivity index (χ4v) is 10.2. The Morgan fingerprint density at radius 2 is 0.812 bits per heavy atom. The van der Waals surface area contributed by atoms with E-state index in [0.717, 1.165) is 12.6 Å². The van der Waals surface area contributed by atoms with Gasteiger partial charge in [0.1, 0.15) is 4.07 Å². The normalized spacial score (nSPS) is 11.4. The maximum atomic E-state index is 7.19. The molecule has 0 saturated heterocycles. The van der Waals surface area contributed by atoms with Crippen LogP contribution in [0, 0.1) is 0 Å². The van der Waals surface area contributed by atoms with Crippen molar-refractivity contribution in [2.45, 2.75) is 10.5 Å². The third-order valence-corrected chi connectivity index (χ3v) is 11.5. The molecule has 0 spiro atoms. The Morgan fingerprint density at radius 1 is 0.500 bits per heavy atom. The van der Waals surface area contributed by atoms with Crippen LogP contribution in [0.1, 0.15) is 6.42 Å². The van der Waals surface area contributed by atoms with E-state index in [9.17, 15) is 0 Å². The molecular weight excluding hydrogens is 516 g/mol. The van der Waals surface area contributed by atoms with Crippen LogP contribution in [0.25, 0.3) is 0 Å². The van der Waals surface area contributed by atoms with Crippen molar-refractivity contribution in [1.82, 2.24) is 0 Å². The van der Waals surface area contributed by atoms with Crippen LogP contribution >= 0.6 is 39.0 Å². The molecule has 166 valence electrons. The van der Waals surface area contributed by atoms with Crippen molar-refractivity contribution in [3.63, 3.8) is 0 Å². The van der Waals surface area contributed by atoms with Crippen LogP contribution in [0.3, 0.4) is 0 Å². The van der Waals surface area contributed by atoms with Gasteiger partial charge in [-0.3, -0.25) is 0 Å². The molecule has 5 heteroatoms. The summed E-state index contributed by atoms with van der Waals surface area (Å²) in [6.45, 7) is 0. The second kappa shape index (κ2) is 12.3. The van der Waals surface area contributed by atoms with E-state index < -0.39 is 19.9 Å². The number of benzene rings is 4. The van der Waals surface area contributed by atoms with Crippen molar-refractivity contribution in [2.24, 2.45) is 0 Å². The molecule has 0 nitrogen and oxygen atoms in total. The summed E-state index contributed by atoms with van der Waals surface area (Å²) in [5, 5.41) is 5.13. The van der Waals surface area contributed by atoms with E-state index in [-0.39, 0.29) is 16.5 Å². The van der Waals surface area contributed by atoms with Gasteiger partial charge in [-0.2, -0.15) is 0 Å². The predicted octanol–water partition coefficient (Wildman–Crippen LogP) is 6.77. The summed E-state index contributed by atoms with van der Waals surface area (Å²) in [5.74, 6) is 0. The SMILES string of the molecule is ClC(Cl)(CCP(c1ccccc1)c1ccccc1)P(c1ccccc1)c1ccccc1.[Ni]. The van der Waals surface area contributed by atoms with Gasteiger partial charge in [-0.05, 0) is 49.6 Å². The molecule has 0 aliphatic heterocycles. The van der Waals surface area contributed by atoms with Crippen LogP contribution in [-0.2, 0) is 16.5 Å². The average molecular weight is 540 g/mol. The molecule has 4 aromatic rings. The largest absolute Gasteiger partial charge is 0.145 e. The van der Waals surface area contributed by atoms with E-state index in [2.05, 4.69) is 109 Å². The van der Waals surface area contributed by atoms with E-state index in [1.165, 1.54) is 21.2 Å². The molecule has 0 radical (unpaired) electrons. The van der Waals surface area contributed by atoms with E-state index in [1.54, 1.807) is 0 Å². The summed E-state index contributed by atoms with van der Waals surface area (Å²) in [7, 11) is -1.46. The molecule has 0 aliphatic rings. The maximum Gasteiger partial charge on any atom is 0.145 e. The van der Waals surface area contributed by atoms with Gasteiger partial charge < -0.3 is 0 Å². The minimum Gasteiger partial charge on any atom is -0.0958 e. The number of halogens is 2. The van der Waals surface area contributed by atoms with Gasteiger partial charge in [0.15, 0.2) is 0 Å². The zero-order valence-corrected chi connectivity index (χ0v) is 21.7. The number of hydrogen-bond acceptors (Lipinski definition) is 0. The van der Waals surface area contributed by atoms with Gasteiger partial charge >= 0.3 is 0 Å². The first-order chi connectivity index (χ1) is 15.1. The van der Waals surface area contributed by atoms with Crippen LogP contribution in [0.15, 0.2) is 121 Å². The second-order valence-electron chi connectivity index (χ2n) is 7.25. The Hall–Kier alpha value is -1.19. The molecule has 0 heterocycles. The van der Waals surface area contributed by atoms with Crippen molar-refractivity contribution in [1.29, 1.82) is 0 Å². The fourth-order valence-electron chi connectivity index (χ4n) is 3.66. The van der Waals surface area contributed by atoms with Crippen molar-refractivity contribution in [2.75, 3.05) is 6.16 Å². The molecule has 0 bridgehead atoms. The first-order valence-electron chi connectivity index (χ1n) is 10.3. The molecule has 0 aromatic heterocycles. The monoisotopic (exact) mass is 538 g/mol. The molecule has 0 aliphatic carbocycles. The Balaban J connectivity index is 0.00000289. The standard InChI is InChI=1S/C27H24Cl2P2.Ni/c28-27(29,31(25-17-9-3-10-18-25)26-19-11-4-12-20-26)21-22-30(23-13-5-1-6-14-23)24-15-7-2-8-16-24;/h1-20H,21-22H2;. The van der Waals surface area contributed by atoms with Gasteiger partial charge in [0.25, 0.3) is 0 Å². The summed E-state index contributed by atoms with van der Waals surface area (Å²) in [4.78, 5) is 0. The molecule has 0 unspecified atom stereocenters. The van der Waals surface area contributed by atoms with E-state index in [4.69, 9.17) is 23.2 Å². The predicted molar refractivity (Wildman–Crippen MR) is 142 cm³/mol. The summed E-state index contributed by atoms with van der Waals surface area (Å²) in [5.41, 5.74) is 0. The van der Waals surface area contributed by atoms with Crippen LogP contribution in [0.2, 0.25) is 0 Å². The minimum atomic E-state index is -0.921. The maximum absolute atomic E-state index is 7.19. The summed E-state index contributed by atoms with van der Waals surface area (Å²) < 4.78 is -0.859. The number of hydrogen-bond donors (Lipinski definition) is 0. The van der Waals surface area contributed by atoms with Gasteiger partial charge in [0.05, 0.1) is 0 Å². The molecule has 0 amide bonds. The van der Waals surface area contributed by atoms with Crippen molar-refractivity contribution in [3.05, 3.63) is 121 Å². The van der Waals surface area contributed by atoms with Crippen LogP contribution in [-0.4, -0.2) is 10.2 Å². The molecule has 32 heavy (non-hydrogen) atoms. The van der Waals surface area contributed by atoms with Crippen molar-refractivity contribution < 1.29 is 16.5 Å². The summed E-state index contributed by atoms with van der Waals surface area (Å²) >= 11 is 14.4. The minimum absolute atomic E-state index is 0. The van der Waals surface area contributed by atoms with Crippen molar-refractivity contribution in [3.8, 4) is 0 Å². The van der Waals surface area contributed by atoms with Gasteiger partial charge in [0.2, 0.25) is 0 Å². The van der Waals surface area contributed by atoms with E-state index in [1.807, 2.05) is 12.1 Å². The van der Waals surface area contributed by atoms with Gasteiger partial charge in [0, 0.05) is 16.5 Å². The van der Waals surface area contributed by atoms with E-state index >= 15 is 0 Å². The first-order valence-corrected chi connectivity index (χ1v) is 13.9. The molecular formula is C27H24Cl2NiP2. The van der Waals surface area contributed by atoms with Crippen LogP contribution in [0.4, 0.5) is 0 Å². The molecule has 4 rings (SSSR count). The van der Waals surface area contributed by atoms with Crippen LogP contribution < -0.4 is 21.2 Å². The van der Waals surface area contributed by atoms with Gasteiger partial charge in [-0.25, -0.2) is 0 Å².